The Morgan fingerprint density at radius 3 is 2.41 bits per heavy atom. The predicted molar refractivity (Wildman–Crippen MR) is 113 cm³/mol. The van der Waals surface area contributed by atoms with Crippen molar-refractivity contribution in [1.82, 2.24) is 4.47 Å². The number of sulfonamides is 1. The maximum absolute atomic E-state index is 12.6. The molecule has 0 saturated heterocycles. The largest absolute Gasteiger partial charge is 0.385 e. The molecule has 2 N–H and O–H groups in total. The Morgan fingerprint density at radius 2 is 1.76 bits per heavy atom. The first-order chi connectivity index (χ1) is 13.9. The van der Waals surface area contributed by atoms with Gasteiger partial charge in [0.25, 0.3) is 15.9 Å². The summed E-state index contributed by atoms with van der Waals surface area (Å²) < 4.78 is 25.5. The topological polar surface area (TPSA) is 87.7 Å². The second-order valence-electron chi connectivity index (χ2n) is 7.19. The van der Waals surface area contributed by atoms with Gasteiger partial charge < -0.3 is 10.6 Å². The molecule has 7 nitrogen and oxygen atoms in total. The highest BCUT2D eigenvalue weighted by atomic mass is 32.2. The van der Waals surface area contributed by atoms with Crippen LogP contribution in [0, 0.1) is 5.92 Å². The van der Waals surface area contributed by atoms with Crippen LogP contribution < -0.4 is 10.6 Å². The molecule has 0 heterocycles. The quantitative estimate of drug-likeness (QED) is 0.639. The summed E-state index contributed by atoms with van der Waals surface area (Å²) in [5.74, 6) is 0.365. The van der Waals surface area contributed by atoms with Gasteiger partial charge in [-0.15, -0.1) is 0 Å². The SMILES string of the molecule is CON(C)S(=O)(=O)c1cccc(C(=O)Nc2ccc(NCC3CCCC3)cc2)c1. The van der Waals surface area contributed by atoms with Crippen LogP contribution >= 0.6 is 0 Å². The zero-order chi connectivity index (χ0) is 20.9. The van der Waals surface area contributed by atoms with E-state index >= 15 is 0 Å². The van der Waals surface area contributed by atoms with Gasteiger partial charge in [-0.25, -0.2) is 8.42 Å². The van der Waals surface area contributed by atoms with Gasteiger partial charge >= 0.3 is 0 Å². The van der Waals surface area contributed by atoms with E-state index in [0.717, 1.165) is 22.6 Å². The third-order valence-corrected chi connectivity index (χ3v) is 6.88. The Balaban J connectivity index is 1.63. The number of rotatable bonds is 8. The van der Waals surface area contributed by atoms with E-state index in [4.69, 9.17) is 4.84 Å². The molecule has 0 bridgehead atoms. The van der Waals surface area contributed by atoms with E-state index in [1.165, 1.54) is 58.0 Å². The summed E-state index contributed by atoms with van der Waals surface area (Å²) in [6, 6.07) is 13.4. The van der Waals surface area contributed by atoms with Crippen molar-refractivity contribution in [2.24, 2.45) is 5.92 Å². The van der Waals surface area contributed by atoms with Gasteiger partial charge in [-0.05, 0) is 61.2 Å². The molecule has 0 spiro atoms. The molecular weight excluding hydrogens is 390 g/mol. The summed E-state index contributed by atoms with van der Waals surface area (Å²) in [4.78, 5) is 17.3. The summed E-state index contributed by atoms with van der Waals surface area (Å²) in [6.07, 6.45) is 5.22. The fourth-order valence-corrected chi connectivity index (χ4v) is 4.42. The molecule has 2 aromatic carbocycles. The van der Waals surface area contributed by atoms with Crippen molar-refractivity contribution < 1.29 is 18.0 Å². The van der Waals surface area contributed by atoms with E-state index in [2.05, 4.69) is 10.6 Å². The molecule has 0 aliphatic heterocycles. The smallest absolute Gasteiger partial charge is 0.264 e. The van der Waals surface area contributed by atoms with Gasteiger partial charge in [0.05, 0.1) is 12.0 Å². The molecule has 1 fully saturated rings. The highest BCUT2D eigenvalue weighted by Crippen LogP contribution is 2.25. The fourth-order valence-electron chi connectivity index (χ4n) is 3.40. The van der Waals surface area contributed by atoms with Crippen molar-refractivity contribution in [2.75, 3.05) is 31.3 Å². The van der Waals surface area contributed by atoms with Crippen LogP contribution in [0.1, 0.15) is 36.0 Å². The number of hydroxylamine groups is 1. The molecule has 1 saturated carbocycles. The molecule has 0 radical (unpaired) electrons. The number of amides is 1. The number of hydrogen-bond acceptors (Lipinski definition) is 5. The zero-order valence-electron chi connectivity index (χ0n) is 16.7. The average molecular weight is 418 g/mol. The summed E-state index contributed by atoms with van der Waals surface area (Å²) in [7, 11) is -1.25. The van der Waals surface area contributed by atoms with Crippen LogP contribution in [0.15, 0.2) is 53.4 Å². The summed E-state index contributed by atoms with van der Waals surface area (Å²) in [6.45, 7) is 0.975. The van der Waals surface area contributed by atoms with Crippen LogP contribution in [0.5, 0.6) is 0 Å². The molecule has 156 valence electrons. The molecular formula is C21H27N3O4S. The summed E-state index contributed by atoms with van der Waals surface area (Å²) in [5, 5.41) is 6.24. The van der Waals surface area contributed by atoms with Gasteiger partial charge in [-0.2, -0.15) is 0 Å². The van der Waals surface area contributed by atoms with Crippen molar-refractivity contribution in [2.45, 2.75) is 30.6 Å². The van der Waals surface area contributed by atoms with Gasteiger partial charge in [0, 0.05) is 30.5 Å². The fraction of sp³-hybridized carbons (Fsp3) is 0.381. The van der Waals surface area contributed by atoms with Gasteiger partial charge in [-0.3, -0.25) is 9.63 Å². The molecule has 0 atom stereocenters. The Labute approximate surface area is 172 Å². The first-order valence-corrected chi connectivity index (χ1v) is 11.1. The Morgan fingerprint density at radius 1 is 1.10 bits per heavy atom. The number of hydrogen-bond donors (Lipinski definition) is 2. The van der Waals surface area contributed by atoms with E-state index in [9.17, 15) is 13.2 Å². The number of nitrogens with one attached hydrogen (secondary N) is 2. The summed E-state index contributed by atoms with van der Waals surface area (Å²) in [5.41, 5.74) is 1.91. The van der Waals surface area contributed by atoms with Crippen LogP contribution in [0.4, 0.5) is 11.4 Å². The number of benzene rings is 2. The minimum atomic E-state index is -3.81. The first-order valence-electron chi connectivity index (χ1n) is 9.68. The second-order valence-corrected chi connectivity index (χ2v) is 9.12. The number of nitrogens with zero attached hydrogens (tertiary/aromatic N) is 1. The standard InChI is InChI=1S/C21H27N3O4S/c1-24(28-2)29(26,27)20-9-5-8-17(14-20)21(25)23-19-12-10-18(11-13-19)22-15-16-6-3-4-7-16/h5,8-14,16,22H,3-4,6-7,15H2,1-2H3,(H,23,25). The molecule has 1 amide bonds. The average Bonchev–Trinajstić information content (AvgIpc) is 3.26. The Kier molecular flexibility index (Phi) is 6.89. The number of anilines is 2. The van der Waals surface area contributed by atoms with Crippen molar-refractivity contribution in [3.63, 3.8) is 0 Å². The van der Waals surface area contributed by atoms with Gasteiger partial charge in [0.1, 0.15) is 0 Å². The maximum atomic E-state index is 12.6. The molecule has 1 aliphatic rings. The number of carbonyl (C=O) groups excluding carboxylic acids is 1. The van der Waals surface area contributed by atoms with Crippen LogP contribution in [0.2, 0.25) is 0 Å². The molecule has 1 aliphatic carbocycles. The van der Waals surface area contributed by atoms with Gasteiger partial charge in [0.2, 0.25) is 0 Å². The van der Waals surface area contributed by atoms with Crippen molar-refractivity contribution in [1.29, 1.82) is 0 Å². The highest BCUT2D eigenvalue weighted by molar-refractivity contribution is 7.89. The van der Waals surface area contributed by atoms with Gasteiger partial charge in [-0.1, -0.05) is 23.4 Å². The maximum Gasteiger partial charge on any atom is 0.264 e. The van der Waals surface area contributed by atoms with Crippen molar-refractivity contribution in [3.8, 4) is 0 Å². The molecule has 0 unspecified atom stereocenters. The first kappa shape index (κ1) is 21.3. The Hall–Kier alpha value is -2.42. The normalized spacial score (nSPS) is 14.9. The minimum Gasteiger partial charge on any atom is -0.385 e. The minimum absolute atomic E-state index is 0.0130. The van der Waals surface area contributed by atoms with Crippen LogP contribution in [0.3, 0.4) is 0 Å². The lowest BCUT2D eigenvalue weighted by Gasteiger charge is -2.15. The highest BCUT2D eigenvalue weighted by Gasteiger charge is 2.22. The predicted octanol–water partition coefficient (Wildman–Crippen LogP) is 3.72. The van der Waals surface area contributed by atoms with E-state index in [1.54, 1.807) is 6.07 Å². The van der Waals surface area contributed by atoms with E-state index in [-0.39, 0.29) is 16.4 Å². The number of carbonyl (C=O) groups is 1. The molecule has 8 heteroatoms. The van der Waals surface area contributed by atoms with E-state index in [1.807, 2.05) is 24.3 Å². The van der Waals surface area contributed by atoms with Crippen molar-refractivity contribution in [3.05, 3.63) is 54.1 Å². The summed E-state index contributed by atoms with van der Waals surface area (Å²) >= 11 is 0. The third kappa shape index (κ3) is 5.35. The monoisotopic (exact) mass is 417 g/mol. The lowest BCUT2D eigenvalue weighted by molar-refractivity contribution is -0.0258. The van der Waals surface area contributed by atoms with Crippen molar-refractivity contribution >= 4 is 27.3 Å². The lowest BCUT2D eigenvalue weighted by Crippen LogP contribution is -2.26. The van der Waals surface area contributed by atoms with Crippen LogP contribution in [-0.2, 0) is 14.9 Å². The second kappa shape index (κ2) is 9.39. The Bertz CT molecular complexity index is 939. The lowest BCUT2D eigenvalue weighted by atomic mass is 10.1. The zero-order valence-corrected chi connectivity index (χ0v) is 17.5. The molecule has 29 heavy (non-hydrogen) atoms. The van der Waals surface area contributed by atoms with E-state index in [0.29, 0.717) is 5.69 Å². The van der Waals surface area contributed by atoms with Crippen LogP contribution in [0.25, 0.3) is 0 Å². The van der Waals surface area contributed by atoms with Crippen LogP contribution in [-0.4, -0.2) is 39.5 Å². The molecule has 0 aromatic heterocycles. The third-order valence-electron chi connectivity index (χ3n) is 5.20. The molecule has 2 aromatic rings. The van der Waals surface area contributed by atoms with E-state index < -0.39 is 10.0 Å². The molecule has 3 rings (SSSR count). The van der Waals surface area contributed by atoms with Gasteiger partial charge in [0.15, 0.2) is 0 Å².